The lowest BCUT2D eigenvalue weighted by Crippen LogP contribution is -2.56. The maximum atomic E-state index is 14.4. The van der Waals surface area contributed by atoms with Crippen LogP contribution < -0.4 is 15.4 Å². The van der Waals surface area contributed by atoms with Gasteiger partial charge >= 0.3 is 12.1 Å². The molecule has 0 unspecified atom stereocenters. The van der Waals surface area contributed by atoms with Gasteiger partial charge in [-0.15, -0.1) is 11.3 Å². The van der Waals surface area contributed by atoms with E-state index in [0.717, 1.165) is 49.6 Å². The fourth-order valence-corrected chi connectivity index (χ4v) is 8.02. The molecule has 49 heavy (non-hydrogen) atoms. The highest BCUT2D eigenvalue weighted by Gasteiger charge is 2.61. The van der Waals surface area contributed by atoms with Gasteiger partial charge in [0.1, 0.15) is 40.2 Å². The number of allylic oxidation sites excluding steroid dienone is 1. The minimum atomic E-state index is -1.43. The number of rotatable bonds is 6. The number of carbonyl (C=O) groups excluding carboxylic acids is 3. The Morgan fingerprint density at radius 3 is 2.67 bits per heavy atom. The first kappa shape index (κ1) is 33.0. The number of aliphatic carboxylic acids is 1. The highest BCUT2D eigenvalue weighted by molar-refractivity contribution is 7.17. The zero-order chi connectivity index (χ0) is 34.1. The van der Waals surface area contributed by atoms with E-state index in [4.69, 9.17) is 14.5 Å². The second-order valence-electron chi connectivity index (χ2n) is 13.5. The van der Waals surface area contributed by atoms with Crippen LogP contribution in [0.4, 0.5) is 4.79 Å². The molecule has 5 atom stereocenters. The summed E-state index contributed by atoms with van der Waals surface area (Å²) in [6.45, 7) is 0.0358. The molecule has 0 aromatic carbocycles. The van der Waals surface area contributed by atoms with Crippen molar-refractivity contribution in [1.29, 1.82) is 0 Å². The Kier molecular flexibility index (Phi) is 9.27. The van der Waals surface area contributed by atoms with Crippen molar-refractivity contribution in [3.05, 3.63) is 35.9 Å². The Bertz CT molecular complexity index is 1770. The van der Waals surface area contributed by atoms with Gasteiger partial charge in [0, 0.05) is 25.6 Å². The molecule has 2 saturated carbocycles. The van der Waals surface area contributed by atoms with Crippen LogP contribution in [0.2, 0.25) is 0 Å². The number of aromatic nitrogens is 4. The zero-order valence-electron chi connectivity index (χ0n) is 27.4. The first-order chi connectivity index (χ1) is 23.7. The Morgan fingerprint density at radius 2 is 1.90 bits per heavy atom. The average molecular weight is 692 g/mol. The molecule has 7 rings (SSSR count). The van der Waals surface area contributed by atoms with Crippen molar-refractivity contribution in [1.82, 2.24) is 35.3 Å². The van der Waals surface area contributed by atoms with E-state index in [2.05, 4.69) is 20.7 Å². The first-order valence-corrected chi connectivity index (χ1v) is 18.0. The van der Waals surface area contributed by atoms with E-state index < -0.39 is 47.6 Å². The second kappa shape index (κ2) is 13.8. The van der Waals surface area contributed by atoms with Gasteiger partial charge in [0.05, 0.1) is 12.1 Å². The number of nitrogens with zero attached hydrogens (tertiary/aromatic N) is 5. The summed E-state index contributed by atoms with van der Waals surface area (Å²) in [5.41, 5.74) is -0.0519. The largest absolute Gasteiger partial charge is 0.479 e. The van der Waals surface area contributed by atoms with E-state index in [9.17, 15) is 24.3 Å². The third-order valence-corrected chi connectivity index (χ3v) is 11.0. The van der Waals surface area contributed by atoms with Gasteiger partial charge in [-0.05, 0) is 68.9 Å². The molecule has 1 saturated heterocycles. The summed E-state index contributed by atoms with van der Waals surface area (Å²) in [5, 5.41) is 21.9. The van der Waals surface area contributed by atoms with Crippen molar-refractivity contribution in [2.75, 3.05) is 6.54 Å². The summed E-state index contributed by atoms with van der Waals surface area (Å²) in [6, 6.07) is 1.72. The van der Waals surface area contributed by atoms with E-state index in [1.165, 1.54) is 16.2 Å². The molecule has 15 heteroatoms. The van der Waals surface area contributed by atoms with Gasteiger partial charge in [0.25, 0.3) is 0 Å². The van der Waals surface area contributed by atoms with Crippen LogP contribution in [0.25, 0.3) is 21.7 Å². The number of nitrogens with one attached hydrogen (secondary N) is 2. The van der Waals surface area contributed by atoms with Crippen molar-refractivity contribution in [2.24, 2.45) is 13.0 Å². The molecule has 2 aliphatic heterocycles. The number of carboxylic acid groups (broad SMARTS) is 1. The van der Waals surface area contributed by atoms with E-state index in [0.29, 0.717) is 35.8 Å². The van der Waals surface area contributed by atoms with Gasteiger partial charge in [-0.1, -0.05) is 25.0 Å². The summed E-state index contributed by atoms with van der Waals surface area (Å²) < 4.78 is 14.5. The SMILES string of the molecule is Cn1nccc1-c1nc(O[C@@H]2C[C@H]3C(=O)N[C@]4(C(=O)O)C[C@H]4/C=C/CCCCC[C@H](NC(=O)OC4CCCC4)C(=O)N3C2)c2sccc2n1. The molecule has 2 aliphatic carbocycles. The van der Waals surface area contributed by atoms with Crippen LogP contribution in [-0.2, 0) is 26.2 Å². The van der Waals surface area contributed by atoms with Crippen LogP contribution in [0.3, 0.4) is 0 Å². The van der Waals surface area contributed by atoms with Gasteiger partial charge in [-0.25, -0.2) is 14.6 Å². The van der Waals surface area contributed by atoms with Crippen LogP contribution in [0.1, 0.15) is 70.6 Å². The molecule has 3 aromatic rings. The maximum Gasteiger partial charge on any atom is 0.408 e. The number of thiophene rings is 1. The van der Waals surface area contributed by atoms with Crippen molar-refractivity contribution < 1.29 is 33.8 Å². The molecule has 5 heterocycles. The van der Waals surface area contributed by atoms with E-state index in [1.54, 1.807) is 24.0 Å². The smallest absolute Gasteiger partial charge is 0.408 e. The molecule has 260 valence electrons. The summed E-state index contributed by atoms with van der Waals surface area (Å²) >= 11 is 1.42. The topological polar surface area (TPSA) is 178 Å². The zero-order valence-corrected chi connectivity index (χ0v) is 28.2. The molecule has 3 amide bonds. The number of ether oxygens (including phenoxy) is 2. The fraction of sp³-hybridized carbons (Fsp3) is 0.559. The number of carbonyl (C=O) groups is 4. The quantitative estimate of drug-likeness (QED) is 0.321. The third-order valence-electron chi connectivity index (χ3n) is 10.1. The van der Waals surface area contributed by atoms with Crippen LogP contribution in [-0.4, -0.2) is 90.0 Å². The van der Waals surface area contributed by atoms with Gasteiger partial charge in [-0.2, -0.15) is 10.1 Å². The van der Waals surface area contributed by atoms with Gasteiger partial charge in [-0.3, -0.25) is 14.3 Å². The lowest BCUT2D eigenvalue weighted by atomic mass is 10.0. The number of amides is 3. The molecular weight excluding hydrogens is 650 g/mol. The molecule has 3 N–H and O–H groups in total. The van der Waals surface area contributed by atoms with E-state index in [-0.39, 0.29) is 31.4 Å². The van der Waals surface area contributed by atoms with Crippen molar-refractivity contribution >= 4 is 45.4 Å². The Hall–Kier alpha value is -4.53. The van der Waals surface area contributed by atoms with Crippen molar-refractivity contribution in [3.63, 3.8) is 0 Å². The number of aryl methyl sites for hydroxylation is 1. The summed E-state index contributed by atoms with van der Waals surface area (Å²) in [5.74, 6) is -1.71. The molecule has 0 bridgehead atoms. The molecule has 0 spiro atoms. The second-order valence-corrected chi connectivity index (χ2v) is 14.4. The Balaban J connectivity index is 1.18. The van der Waals surface area contributed by atoms with Crippen LogP contribution in [0, 0.1) is 5.92 Å². The molecule has 4 aliphatic rings. The number of hydrogen-bond donors (Lipinski definition) is 3. The molecule has 14 nitrogen and oxygen atoms in total. The predicted octanol–water partition coefficient (Wildman–Crippen LogP) is 3.96. The van der Waals surface area contributed by atoms with Crippen LogP contribution >= 0.6 is 11.3 Å². The van der Waals surface area contributed by atoms with E-state index in [1.807, 2.05) is 23.6 Å². The monoisotopic (exact) mass is 691 g/mol. The minimum absolute atomic E-state index is 0.0358. The Labute approximate surface area is 287 Å². The van der Waals surface area contributed by atoms with Gasteiger partial charge < -0.3 is 30.1 Å². The lowest BCUT2D eigenvalue weighted by Gasteiger charge is -2.29. The summed E-state index contributed by atoms with van der Waals surface area (Å²) in [4.78, 5) is 64.7. The predicted molar refractivity (Wildman–Crippen MR) is 179 cm³/mol. The average Bonchev–Trinajstić information content (AvgIpc) is 3.67. The molecule has 3 fully saturated rings. The highest BCUT2D eigenvalue weighted by Crippen LogP contribution is 2.45. The van der Waals surface area contributed by atoms with Gasteiger partial charge in [0.15, 0.2) is 5.82 Å². The maximum absolute atomic E-state index is 14.4. The normalized spacial score (nSPS) is 28.6. The van der Waals surface area contributed by atoms with Crippen molar-refractivity contribution in [2.45, 2.75) is 100 Å². The standard InChI is InChI=1S/C34H41N7O7S/c1-40-25(13-15-35-40)28-36-23-14-16-49-27(23)30(38-28)47-22-17-26-29(42)39-34(32(44)45)18-20(34)9-5-3-2-4-6-12-24(31(43)41(26)19-22)37-33(46)48-21-10-7-8-11-21/h5,9,13-16,20-22,24,26H,2-4,6-8,10-12,17-19H2,1H3,(H,37,46)(H,39,42)(H,44,45)/b9-5+/t20-,22-,24+,26+,34-/m1/s1. The number of hydrogen-bond acceptors (Lipinski definition) is 10. The molecule has 0 radical (unpaired) electrons. The Morgan fingerprint density at radius 1 is 1.08 bits per heavy atom. The van der Waals surface area contributed by atoms with Gasteiger partial charge in [0.2, 0.25) is 17.7 Å². The molecular formula is C34H41N7O7S. The third kappa shape index (κ3) is 6.85. The van der Waals surface area contributed by atoms with Crippen molar-refractivity contribution in [3.8, 4) is 17.4 Å². The molecule has 3 aromatic heterocycles. The fourth-order valence-electron chi connectivity index (χ4n) is 7.26. The highest BCUT2D eigenvalue weighted by atomic mass is 32.1. The van der Waals surface area contributed by atoms with Crippen LogP contribution in [0.15, 0.2) is 35.9 Å². The lowest BCUT2D eigenvalue weighted by molar-refractivity contribution is -0.145. The van der Waals surface area contributed by atoms with E-state index >= 15 is 0 Å². The first-order valence-electron chi connectivity index (χ1n) is 17.1. The summed E-state index contributed by atoms with van der Waals surface area (Å²) in [6.07, 6.45) is 11.4. The minimum Gasteiger partial charge on any atom is -0.479 e. The van der Waals surface area contributed by atoms with Crippen LogP contribution in [0.5, 0.6) is 5.88 Å². The number of carboxylic acids is 1. The summed E-state index contributed by atoms with van der Waals surface area (Å²) in [7, 11) is 1.79. The number of alkyl carbamates (subject to hydrolysis) is 1. The number of fused-ring (bicyclic) bond motifs is 3.